The summed E-state index contributed by atoms with van der Waals surface area (Å²) in [6.45, 7) is 3.13. The molecule has 100 valence electrons. The van der Waals surface area contributed by atoms with Gasteiger partial charge in [-0.05, 0) is 31.9 Å². The molecule has 3 rings (SSSR count). The SMILES string of the molecule is Cc1ccc2[nH]c(=O)n(C3CCOCC3)c(=O)c2c1. The van der Waals surface area contributed by atoms with Gasteiger partial charge in [-0.3, -0.25) is 9.36 Å². The van der Waals surface area contributed by atoms with Crippen LogP contribution in [-0.2, 0) is 4.74 Å². The Labute approximate surface area is 109 Å². The molecule has 1 N–H and O–H groups in total. The van der Waals surface area contributed by atoms with Crippen molar-refractivity contribution in [3.63, 3.8) is 0 Å². The third kappa shape index (κ3) is 2.10. The van der Waals surface area contributed by atoms with Crippen LogP contribution in [0.15, 0.2) is 27.8 Å². The summed E-state index contributed by atoms with van der Waals surface area (Å²) in [5, 5.41) is 0.575. The maximum atomic E-state index is 12.5. The van der Waals surface area contributed by atoms with Crippen molar-refractivity contribution in [2.24, 2.45) is 0 Å². The normalized spacial score (nSPS) is 16.9. The van der Waals surface area contributed by atoms with Crippen molar-refractivity contribution >= 4 is 10.9 Å². The van der Waals surface area contributed by atoms with E-state index in [0.29, 0.717) is 37.0 Å². The number of hydrogen-bond donors (Lipinski definition) is 1. The van der Waals surface area contributed by atoms with E-state index in [0.717, 1.165) is 5.56 Å². The van der Waals surface area contributed by atoms with Crippen molar-refractivity contribution in [1.82, 2.24) is 9.55 Å². The summed E-state index contributed by atoms with van der Waals surface area (Å²) in [7, 11) is 0. The highest BCUT2D eigenvalue weighted by molar-refractivity contribution is 5.77. The Hall–Kier alpha value is -1.88. The quantitative estimate of drug-likeness (QED) is 0.841. The summed E-state index contributed by atoms with van der Waals surface area (Å²) in [6.07, 6.45) is 1.42. The van der Waals surface area contributed by atoms with Gasteiger partial charge in [0.1, 0.15) is 0 Å². The Balaban J connectivity index is 2.24. The van der Waals surface area contributed by atoms with E-state index in [2.05, 4.69) is 4.98 Å². The van der Waals surface area contributed by atoms with E-state index in [1.165, 1.54) is 4.57 Å². The van der Waals surface area contributed by atoms with E-state index in [-0.39, 0.29) is 17.3 Å². The first-order valence-corrected chi connectivity index (χ1v) is 6.50. The van der Waals surface area contributed by atoms with E-state index in [1.54, 1.807) is 6.07 Å². The van der Waals surface area contributed by atoms with E-state index in [4.69, 9.17) is 4.74 Å². The van der Waals surface area contributed by atoms with Crippen LogP contribution in [0.5, 0.6) is 0 Å². The smallest absolute Gasteiger partial charge is 0.329 e. The van der Waals surface area contributed by atoms with Gasteiger partial charge in [-0.2, -0.15) is 0 Å². The van der Waals surface area contributed by atoms with Gasteiger partial charge in [0.25, 0.3) is 5.56 Å². The van der Waals surface area contributed by atoms with Crippen LogP contribution in [0.4, 0.5) is 0 Å². The van der Waals surface area contributed by atoms with E-state index in [9.17, 15) is 9.59 Å². The second-order valence-electron chi connectivity index (χ2n) is 5.00. The van der Waals surface area contributed by atoms with Crippen LogP contribution < -0.4 is 11.2 Å². The fourth-order valence-corrected chi connectivity index (χ4v) is 2.62. The van der Waals surface area contributed by atoms with Crippen LogP contribution >= 0.6 is 0 Å². The number of nitrogens with one attached hydrogen (secondary N) is 1. The van der Waals surface area contributed by atoms with Crippen molar-refractivity contribution in [2.75, 3.05) is 13.2 Å². The Morgan fingerprint density at radius 3 is 2.74 bits per heavy atom. The molecule has 1 aliphatic rings. The lowest BCUT2D eigenvalue weighted by molar-refractivity contribution is 0.0676. The summed E-state index contributed by atoms with van der Waals surface area (Å²) in [4.78, 5) is 27.4. The minimum atomic E-state index is -0.326. The Morgan fingerprint density at radius 1 is 1.26 bits per heavy atom. The average Bonchev–Trinajstić information content (AvgIpc) is 2.41. The number of rotatable bonds is 1. The van der Waals surface area contributed by atoms with Crippen molar-refractivity contribution in [1.29, 1.82) is 0 Å². The number of benzene rings is 1. The first-order valence-electron chi connectivity index (χ1n) is 6.50. The van der Waals surface area contributed by atoms with Gasteiger partial charge in [0.2, 0.25) is 0 Å². The number of H-pyrrole nitrogens is 1. The third-order valence-electron chi connectivity index (χ3n) is 3.64. The molecule has 1 saturated heterocycles. The van der Waals surface area contributed by atoms with E-state index < -0.39 is 0 Å². The third-order valence-corrected chi connectivity index (χ3v) is 3.64. The van der Waals surface area contributed by atoms with Gasteiger partial charge in [0, 0.05) is 19.3 Å². The molecule has 1 fully saturated rings. The first kappa shape index (κ1) is 12.2. The number of aromatic amines is 1. The van der Waals surface area contributed by atoms with Crippen LogP contribution in [0.25, 0.3) is 10.9 Å². The van der Waals surface area contributed by atoms with Crippen LogP contribution in [0.1, 0.15) is 24.4 Å². The monoisotopic (exact) mass is 260 g/mol. The van der Waals surface area contributed by atoms with Gasteiger partial charge < -0.3 is 9.72 Å². The molecule has 5 nitrogen and oxygen atoms in total. The van der Waals surface area contributed by atoms with Gasteiger partial charge in [-0.15, -0.1) is 0 Å². The molecule has 1 aliphatic heterocycles. The highest BCUT2D eigenvalue weighted by Crippen LogP contribution is 2.18. The van der Waals surface area contributed by atoms with Crippen LogP contribution in [0.3, 0.4) is 0 Å². The zero-order valence-corrected chi connectivity index (χ0v) is 10.8. The second-order valence-corrected chi connectivity index (χ2v) is 5.00. The van der Waals surface area contributed by atoms with Gasteiger partial charge in [0.05, 0.1) is 10.9 Å². The predicted octanol–water partition coefficient (Wildman–Crippen LogP) is 1.35. The molecular weight excluding hydrogens is 244 g/mol. The molecule has 0 saturated carbocycles. The van der Waals surface area contributed by atoms with Crippen molar-refractivity contribution < 1.29 is 4.74 Å². The van der Waals surface area contributed by atoms with Crippen molar-refractivity contribution in [3.8, 4) is 0 Å². The Kier molecular flexibility index (Phi) is 2.98. The van der Waals surface area contributed by atoms with Crippen molar-refractivity contribution in [2.45, 2.75) is 25.8 Å². The van der Waals surface area contributed by atoms with Gasteiger partial charge >= 0.3 is 5.69 Å². The molecule has 0 radical (unpaired) electrons. The second kappa shape index (κ2) is 4.66. The molecule has 0 spiro atoms. The molecule has 19 heavy (non-hydrogen) atoms. The molecule has 2 heterocycles. The summed E-state index contributed by atoms with van der Waals surface area (Å²) in [6, 6.07) is 5.43. The van der Waals surface area contributed by atoms with Crippen LogP contribution in [0.2, 0.25) is 0 Å². The molecule has 0 amide bonds. The molecule has 0 bridgehead atoms. The number of fused-ring (bicyclic) bond motifs is 1. The van der Waals surface area contributed by atoms with Crippen LogP contribution in [-0.4, -0.2) is 22.8 Å². The zero-order valence-electron chi connectivity index (χ0n) is 10.8. The van der Waals surface area contributed by atoms with E-state index in [1.807, 2.05) is 19.1 Å². The zero-order chi connectivity index (χ0) is 13.4. The summed E-state index contributed by atoms with van der Waals surface area (Å²) in [5.41, 5.74) is 1.08. The molecule has 2 aromatic rings. The number of aryl methyl sites for hydroxylation is 1. The molecule has 1 aromatic carbocycles. The van der Waals surface area contributed by atoms with Crippen molar-refractivity contribution in [3.05, 3.63) is 44.6 Å². The first-order chi connectivity index (χ1) is 9.16. The molecule has 0 unspecified atom stereocenters. The molecule has 1 aromatic heterocycles. The standard InChI is InChI=1S/C14H16N2O3/c1-9-2-3-12-11(8-9)13(17)16(14(18)15-12)10-4-6-19-7-5-10/h2-3,8,10H,4-7H2,1H3,(H,15,18). The lowest BCUT2D eigenvalue weighted by Crippen LogP contribution is -2.40. The Bertz CT molecular complexity index is 724. The topological polar surface area (TPSA) is 64.1 Å². The number of nitrogens with zero attached hydrogens (tertiary/aromatic N) is 1. The van der Waals surface area contributed by atoms with Crippen LogP contribution in [0, 0.1) is 6.92 Å². The van der Waals surface area contributed by atoms with Gasteiger partial charge in [-0.25, -0.2) is 4.79 Å². The fourth-order valence-electron chi connectivity index (χ4n) is 2.62. The summed E-state index contributed by atoms with van der Waals surface area (Å²) < 4.78 is 6.63. The molecule has 0 atom stereocenters. The summed E-state index contributed by atoms with van der Waals surface area (Å²) in [5.74, 6) is 0. The van der Waals surface area contributed by atoms with E-state index >= 15 is 0 Å². The highest BCUT2D eigenvalue weighted by Gasteiger charge is 2.20. The van der Waals surface area contributed by atoms with Gasteiger partial charge in [0.15, 0.2) is 0 Å². The number of hydrogen-bond acceptors (Lipinski definition) is 3. The predicted molar refractivity (Wildman–Crippen MR) is 72.7 cm³/mol. The maximum Gasteiger partial charge on any atom is 0.329 e. The highest BCUT2D eigenvalue weighted by atomic mass is 16.5. The Morgan fingerprint density at radius 2 is 2.00 bits per heavy atom. The maximum absolute atomic E-state index is 12.5. The fraction of sp³-hybridized carbons (Fsp3) is 0.429. The van der Waals surface area contributed by atoms with Gasteiger partial charge in [-0.1, -0.05) is 11.6 Å². The average molecular weight is 260 g/mol. The minimum absolute atomic E-state index is 0.0603. The lowest BCUT2D eigenvalue weighted by atomic mass is 10.1. The summed E-state index contributed by atoms with van der Waals surface area (Å²) >= 11 is 0. The minimum Gasteiger partial charge on any atom is -0.381 e. The molecular formula is C14H16N2O3. The largest absolute Gasteiger partial charge is 0.381 e. The number of aromatic nitrogens is 2. The lowest BCUT2D eigenvalue weighted by Gasteiger charge is -2.23. The molecule has 5 heteroatoms. The molecule has 0 aliphatic carbocycles. The number of ether oxygens (including phenoxy) is 1.